The Kier molecular flexibility index (Phi) is 4.71. The Morgan fingerprint density at radius 3 is 2.39 bits per heavy atom. The number of nitrogens with zero attached hydrogens (tertiary/aromatic N) is 1. The van der Waals surface area contributed by atoms with Crippen molar-refractivity contribution in [3.8, 4) is 0 Å². The molecule has 1 N–H and O–H groups in total. The normalized spacial score (nSPS) is 35.7. The standard InChI is InChI=1S/C16H32N2/c1-5-16(3,4)14-6-8-15(9-7-14)18-11-10-17-13(2)12-18/h13-15,17H,5-12H2,1-4H3. The molecule has 2 aliphatic rings. The van der Waals surface area contributed by atoms with Gasteiger partial charge in [0.2, 0.25) is 0 Å². The molecule has 0 bridgehead atoms. The largest absolute Gasteiger partial charge is 0.312 e. The van der Waals surface area contributed by atoms with E-state index in [1.807, 2.05) is 0 Å². The smallest absolute Gasteiger partial charge is 0.0167 e. The highest BCUT2D eigenvalue weighted by Gasteiger charge is 2.34. The first-order valence-corrected chi connectivity index (χ1v) is 8.00. The van der Waals surface area contributed by atoms with Gasteiger partial charge in [0.25, 0.3) is 0 Å². The van der Waals surface area contributed by atoms with E-state index in [-0.39, 0.29) is 0 Å². The topological polar surface area (TPSA) is 15.3 Å². The summed E-state index contributed by atoms with van der Waals surface area (Å²) in [5.41, 5.74) is 0.557. The zero-order chi connectivity index (χ0) is 13.2. The van der Waals surface area contributed by atoms with Crippen molar-refractivity contribution in [2.75, 3.05) is 19.6 Å². The molecule has 1 saturated carbocycles. The number of piperazine rings is 1. The van der Waals surface area contributed by atoms with Gasteiger partial charge in [-0.3, -0.25) is 4.90 Å². The SMILES string of the molecule is CCC(C)(C)C1CCC(N2CCNC(C)C2)CC1. The molecule has 2 heteroatoms. The Morgan fingerprint density at radius 2 is 1.83 bits per heavy atom. The molecule has 2 rings (SSSR count). The first-order valence-electron chi connectivity index (χ1n) is 8.00. The van der Waals surface area contributed by atoms with Crippen LogP contribution >= 0.6 is 0 Å². The Morgan fingerprint density at radius 1 is 1.17 bits per heavy atom. The maximum absolute atomic E-state index is 3.55. The lowest BCUT2D eigenvalue weighted by Crippen LogP contribution is -2.53. The molecular weight excluding hydrogens is 220 g/mol. The van der Waals surface area contributed by atoms with Crippen molar-refractivity contribution in [2.24, 2.45) is 11.3 Å². The lowest BCUT2D eigenvalue weighted by Gasteiger charge is -2.44. The van der Waals surface area contributed by atoms with Gasteiger partial charge < -0.3 is 5.32 Å². The van der Waals surface area contributed by atoms with Gasteiger partial charge in [0.05, 0.1) is 0 Å². The Labute approximate surface area is 114 Å². The van der Waals surface area contributed by atoms with Crippen molar-refractivity contribution in [3.63, 3.8) is 0 Å². The maximum Gasteiger partial charge on any atom is 0.0167 e. The quantitative estimate of drug-likeness (QED) is 0.829. The van der Waals surface area contributed by atoms with Crippen LogP contribution in [0.1, 0.15) is 59.8 Å². The number of hydrogen-bond donors (Lipinski definition) is 1. The first kappa shape index (κ1) is 14.3. The predicted molar refractivity (Wildman–Crippen MR) is 78.9 cm³/mol. The molecule has 1 aliphatic heterocycles. The van der Waals surface area contributed by atoms with Gasteiger partial charge >= 0.3 is 0 Å². The van der Waals surface area contributed by atoms with E-state index in [9.17, 15) is 0 Å². The van der Waals surface area contributed by atoms with Crippen molar-refractivity contribution < 1.29 is 0 Å². The molecule has 0 amide bonds. The third-order valence-corrected chi connectivity index (χ3v) is 5.63. The second-order valence-corrected chi connectivity index (χ2v) is 7.20. The second-order valence-electron chi connectivity index (χ2n) is 7.20. The minimum absolute atomic E-state index is 0.557. The van der Waals surface area contributed by atoms with E-state index in [0.29, 0.717) is 11.5 Å². The van der Waals surface area contributed by atoms with Crippen LogP contribution in [0.15, 0.2) is 0 Å². The molecule has 1 heterocycles. The van der Waals surface area contributed by atoms with Crippen molar-refractivity contribution >= 4 is 0 Å². The number of nitrogens with one attached hydrogen (secondary N) is 1. The molecule has 2 fully saturated rings. The Bertz CT molecular complexity index is 254. The minimum atomic E-state index is 0.557. The highest BCUT2D eigenvalue weighted by atomic mass is 15.2. The summed E-state index contributed by atoms with van der Waals surface area (Å²) in [6.07, 6.45) is 7.09. The third kappa shape index (κ3) is 3.27. The summed E-state index contributed by atoms with van der Waals surface area (Å²) in [6.45, 7) is 13.3. The average Bonchev–Trinajstić information content (AvgIpc) is 2.39. The highest BCUT2D eigenvalue weighted by Crippen LogP contribution is 2.41. The van der Waals surface area contributed by atoms with E-state index in [1.54, 1.807) is 0 Å². The molecule has 18 heavy (non-hydrogen) atoms. The van der Waals surface area contributed by atoms with Gasteiger partial charge in [0.15, 0.2) is 0 Å². The fourth-order valence-corrected chi connectivity index (χ4v) is 3.80. The second kappa shape index (κ2) is 5.92. The molecule has 0 spiro atoms. The number of hydrogen-bond acceptors (Lipinski definition) is 2. The molecule has 0 aromatic rings. The summed E-state index contributed by atoms with van der Waals surface area (Å²) in [6, 6.07) is 1.56. The van der Waals surface area contributed by atoms with E-state index >= 15 is 0 Å². The Balaban J connectivity index is 1.83. The molecule has 0 aromatic heterocycles. The van der Waals surface area contributed by atoms with Crippen LogP contribution in [-0.2, 0) is 0 Å². The van der Waals surface area contributed by atoms with Crippen molar-refractivity contribution in [1.29, 1.82) is 0 Å². The molecule has 1 unspecified atom stereocenters. The van der Waals surface area contributed by atoms with Gasteiger partial charge in [0.1, 0.15) is 0 Å². The molecule has 0 aromatic carbocycles. The monoisotopic (exact) mass is 252 g/mol. The maximum atomic E-state index is 3.55. The van der Waals surface area contributed by atoms with Gasteiger partial charge in [-0.1, -0.05) is 27.2 Å². The lowest BCUT2D eigenvalue weighted by molar-refractivity contribution is 0.0698. The third-order valence-electron chi connectivity index (χ3n) is 5.63. The van der Waals surface area contributed by atoms with Crippen LogP contribution in [0.25, 0.3) is 0 Å². The van der Waals surface area contributed by atoms with Crippen LogP contribution in [0.2, 0.25) is 0 Å². The zero-order valence-corrected chi connectivity index (χ0v) is 12.8. The summed E-state index contributed by atoms with van der Waals surface area (Å²) in [5.74, 6) is 0.957. The molecule has 1 aliphatic carbocycles. The van der Waals surface area contributed by atoms with Crippen LogP contribution in [0.4, 0.5) is 0 Å². The summed E-state index contributed by atoms with van der Waals surface area (Å²) in [4.78, 5) is 2.75. The predicted octanol–water partition coefficient (Wildman–Crippen LogP) is 3.28. The van der Waals surface area contributed by atoms with Crippen LogP contribution in [0, 0.1) is 11.3 Å². The van der Waals surface area contributed by atoms with E-state index in [1.165, 1.54) is 51.7 Å². The molecular formula is C16H32N2. The highest BCUT2D eigenvalue weighted by molar-refractivity contribution is 4.88. The van der Waals surface area contributed by atoms with Crippen LogP contribution in [-0.4, -0.2) is 36.6 Å². The van der Waals surface area contributed by atoms with E-state index in [0.717, 1.165) is 12.0 Å². The van der Waals surface area contributed by atoms with Gasteiger partial charge in [-0.25, -0.2) is 0 Å². The van der Waals surface area contributed by atoms with Gasteiger partial charge in [-0.15, -0.1) is 0 Å². The Hall–Kier alpha value is -0.0800. The van der Waals surface area contributed by atoms with E-state index in [4.69, 9.17) is 0 Å². The van der Waals surface area contributed by atoms with Crippen LogP contribution < -0.4 is 5.32 Å². The fourth-order valence-electron chi connectivity index (χ4n) is 3.80. The van der Waals surface area contributed by atoms with Crippen LogP contribution in [0.5, 0.6) is 0 Å². The van der Waals surface area contributed by atoms with Gasteiger partial charge in [-0.05, 0) is 43.9 Å². The summed E-state index contributed by atoms with van der Waals surface area (Å²) in [5, 5.41) is 3.55. The summed E-state index contributed by atoms with van der Waals surface area (Å²) < 4.78 is 0. The zero-order valence-electron chi connectivity index (χ0n) is 12.8. The average molecular weight is 252 g/mol. The molecule has 106 valence electrons. The molecule has 1 saturated heterocycles. The molecule has 2 nitrogen and oxygen atoms in total. The lowest BCUT2D eigenvalue weighted by atomic mass is 9.68. The van der Waals surface area contributed by atoms with Gasteiger partial charge in [-0.2, -0.15) is 0 Å². The molecule has 1 atom stereocenters. The summed E-state index contributed by atoms with van der Waals surface area (Å²) in [7, 11) is 0. The van der Waals surface area contributed by atoms with E-state index in [2.05, 4.69) is 37.9 Å². The van der Waals surface area contributed by atoms with Gasteiger partial charge in [0, 0.05) is 31.7 Å². The van der Waals surface area contributed by atoms with Crippen molar-refractivity contribution in [3.05, 3.63) is 0 Å². The van der Waals surface area contributed by atoms with Crippen molar-refractivity contribution in [1.82, 2.24) is 10.2 Å². The van der Waals surface area contributed by atoms with Crippen molar-refractivity contribution in [2.45, 2.75) is 71.9 Å². The molecule has 0 radical (unpaired) electrons. The van der Waals surface area contributed by atoms with Crippen LogP contribution in [0.3, 0.4) is 0 Å². The number of rotatable bonds is 3. The first-order chi connectivity index (χ1) is 8.53. The summed E-state index contributed by atoms with van der Waals surface area (Å²) >= 11 is 0. The van der Waals surface area contributed by atoms with E-state index < -0.39 is 0 Å². The minimum Gasteiger partial charge on any atom is -0.312 e. The fraction of sp³-hybridized carbons (Fsp3) is 1.00.